The fourth-order valence-electron chi connectivity index (χ4n) is 2.56. The Labute approximate surface area is 122 Å². The monoisotopic (exact) mass is 282 g/mol. The number of H-pyrrole nitrogens is 1. The smallest absolute Gasteiger partial charge is 0.274 e. The van der Waals surface area contributed by atoms with Crippen LogP contribution in [0.3, 0.4) is 0 Å². The highest BCUT2D eigenvalue weighted by atomic mass is 16.3. The number of aromatic amines is 1. The van der Waals surface area contributed by atoms with Crippen LogP contribution in [0.4, 0.5) is 0 Å². The number of rotatable bonds is 2. The second kappa shape index (κ2) is 4.60. The number of aliphatic hydroxyl groups is 1. The number of nitrogens with zero attached hydrogens (tertiary/aromatic N) is 1. The predicted molar refractivity (Wildman–Crippen MR) is 84.2 cm³/mol. The van der Waals surface area contributed by atoms with Gasteiger partial charge in [-0.15, -0.1) is 0 Å². The molecule has 2 aromatic heterocycles. The minimum absolute atomic E-state index is 0.0353. The standard InChI is InChI=1S/C17H18N2O2/c1-17(2,21)12-6-4-11(5-7-12)14-10-19(3)16(20)15-13(14)8-9-18-15/h4-10,18,21H,1-3H3. The molecule has 1 aromatic carbocycles. The van der Waals surface area contributed by atoms with Gasteiger partial charge in [0.2, 0.25) is 0 Å². The number of benzene rings is 1. The summed E-state index contributed by atoms with van der Waals surface area (Å²) in [6.07, 6.45) is 3.62. The van der Waals surface area contributed by atoms with Gasteiger partial charge >= 0.3 is 0 Å². The van der Waals surface area contributed by atoms with E-state index in [0.717, 1.165) is 22.1 Å². The van der Waals surface area contributed by atoms with E-state index < -0.39 is 5.60 Å². The first-order chi connectivity index (χ1) is 9.88. The first-order valence-electron chi connectivity index (χ1n) is 6.88. The van der Waals surface area contributed by atoms with Crippen LogP contribution in [0.1, 0.15) is 19.4 Å². The van der Waals surface area contributed by atoms with Crippen LogP contribution < -0.4 is 5.56 Å². The Balaban J connectivity index is 2.19. The zero-order valence-corrected chi connectivity index (χ0v) is 12.3. The van der Waals surface area contributed by atoms with E-state index in [9.17, 15) is 9.90 Å². The van der Waals surface area contributed by atoms with E-state index in [1.165, 1.54) is 0 Å². The molecule has 0 saturated carbocycles. The lowest BCUT2D eigenvalue weighted by Gasteiger charge is -2.18. The highest BCUT2D eigenvalue weighted by molar-refractivity contribution is 5.94. The summed E-state index contributed by atoms with van der Waals surface area (Å²) in [6.45, 7) is 3.52. The minimum Gasteiger partial charge on any atom is -0.386 e. The summed E-state index contributed by atoms with van der Waals surface area (Å²) in [5.74, 6) is 0. The van der Waals surface area contributed by atoms with Crippen molar-refractivity contribution < 1.29 is 5.11 Å². The summed E-state index contributed by atoms with van der Waals surface area (Å²) >= 11 is 0. The number of aryl methyl sites for hydroxylation is 1. The number of hydrogen-bond acceptors (Lipinski definition) is 2. The first kappa shape index (κ1) is 13.6. The van der Waals surface area contributed by atoms with E-state index in [2.05, 4.69) is 4.98 Å². The lowest BCUT2D eigenvalue weighted by molar-refractivity contribution is 0.0786. The van der Waals surface area contributed by atoms with Crippen LogP contribution in [0.2, 0.25) is 0 Å². The maximum absolute atomic E-state index is 12.1. The molecular weight excluding hydrogens is 264 g/mol. The van der Waals surface area contributed by atoms with E-state index in [-0.39, 0.29) is 5.56 Å². The molecule has 0 bridgehead atoms. The van der Waals surface area contributed by atoms with Crippen molar-refractivity contribution in [3.63, 3.8) is 0 Å². The van der Waals surface area contributed by atoms with Crippen molar-refractivity contribution in [2.24, 2.45) is 7.05 Å². The normalized spacial score (nSPS) is 12.0. The third kappa shape index (κ3) is 2.28. The van der Waals surface area contributed by atoms with Gasteiger partial charge in [0.15, 0.2) is 0 Å². The van der Waals surface area contributed by atoms with Gasteiger partial charge in [0.05, 0.1) is 5.60 Å². The molecular formula is C17H18N2O2. The highest BCUT2D eigenvalue weighted by Crippen LogP contribution is 2.28. The molecule has 108 valence electrons. The lowest BCUT2D eigenvalue weighted by Crippen LogP contribution is -2.16. The molecule has 0 aliphatic heterocycles. The Morgan fingerprint density at radius 2 is 1.81 bits per heavy atom. The molecule has 0 spiro atoms. The second-order valence-electron chi connectivity index (χ2n) is 5.86. The SMILES string of the molecule is Cn1cc(-c2ccc(C(C)(C)O)cc2)c2cc[nH]c2c1=O. The van der Waals surface area contributed by atoms with Crippen molar-refractivity contribution in [2.45, 2.75) is 19.4 Å². The van der Waals surface area contributed by atoms with Crippen LogP contribution in [0, 0.1) is 0 Å². The quantitative estimate of drug-likeness (QED) is 0.759. The Bertz CT molecular complexity index is 849. The molecule has 21 heavy (non-hydrogen) atoms. The van der Waals surface area contributed by atoms with Crippen molar-refractivity contribution in [3.05, 3.63) is 58.6 Å². The van der Waals surface area contributed by atoms with Gasteiger partial charge in [0.25, 0.3) is 5.56 Å². The number of hydrogen-bond donors (Lipinski definition) is 2. The average molecular weight is 282 g/mol. The molecule has 0 saturated heterocycles. The topological polar surface area (TPSA) is 58.0 Å². The zero-order valence-electron chi connectivity index (χ0n) is 12.3. The largest absolute Gasteiger partial charge is 0.386 e. The van der Waals surface area contributed by atoms with E-state index in [1.54, 1.807) is 31.7 Å². The maximum atomic E-state index is 12.1. The van der Waals surface area contributed by atoms with Gasteiger partial charge in [-0.05, 0) is 31.0 Å². The summed E-state index contributed by atoms with van der Waals surface area (Å²) in [5, 5.41) is 10.9. The maximum Gasteiger partial charge on any atom is 0.274 e. The van der Waals surface area contributed by atoms with Crippen LogP contribution >= 0.6 is 0 Å². The summed E-state index contributed by atoms with van der Waals surface area (Å²) < 4.78 is 1.58. The first-order valence-corrected chi connectivity index (χ1v) is 6.88. The Morgan fingerprint density at radius 3 is 2.43 bits per heavy atom. The van der Waals surface area contributed by atoms with Crippen LogP contribution in [-0.2, 0) is 12.6 Å². The van der Waals surface area contributed by atoms with Gasteiger partial charge in [0.1, 0.15) is 5.52 Å². The molecule has 4 heteroatoms. The summed E-state index contributed by atoms with van der Waals surface area (Å²) in [5.41, 5.74) is 2.60. The molecule has 0 amide bonds. The third-order valence-electron chi connectivity index (χ3n) is 3.80. The zero-order chi connectivity index (χ0) is 15.2. The predicted octanol–water partition coefficient (Wildman–Crippen LogP) is 2.76. The van der Waals surface area contributed by atoms with Gasteiger partial charge in [-0.25, -0.2) is 0 Å². The fraction of sp³-hybridized carbons (Fsp3) is 0.235. The fourth-order valence-corrected chi connectivity index (χ4v) is 2.56. The minimum atomic E-state index is -0.856. The number of nitrogens with one attached hydrogen (secondary N) is 1. The van der Waals surface area contributed by atoms with Gasteiger partial charge in [-0.1, -0.05) is 24.3 Å². The number of pyridine rings is 1. The van der Waals surface area contributed by atoms with Crippen LogP contribution in [0.5, 0.6) is 0 Å². The number of aromatic nitrogens is 2. The Kier molecular flexibility index (Phi) is 2.99. The van der Waals surface area contributed by atoms with Crippen LogP contribution in [0.25, 0.3) is 22.0 Å². The molecule has 2 heterocycles. The summed E-state index contributed by atoms with van der Waals surface area (Å²) in [4.78, 5) is 15.1. The van der Waals surface area contributed by atoms with E-state index >= 15 is 0 Å². The van der Waals surface area contributed by atoms with Crippen LogP contribution in [-0.4, -0.2) is 14.7 Å². The molecule has 4 nitrogen and oxygen atoms in total. The van der Waals surface area contributed by atoms with Crippen molar-refractivity contribution in [3.8, 4) is 11.1 Å². The van der Waals surface area contributed by atoms with Crippen molar-refractivity contribution >= 4 is 10.9 Å². The molecule has 0 unspecified atom stereocenters. The molecule has 0 atom stereocenters. The van der Waals surface area contributed by atoms with E-state index in [1.807, 2.05) is 36.5 Å². The summed E-state index contributed by atoms with van der Waals surface area (Å²) in [7, 11) is 1.75. The molecule has 3 rings (SSSR count). The van der Waals surface area contributed by atoms with Gasteiger partial charge in [-0.2, -0.15) is 0 Å². The lowest BCUT2D eigenvalue weighted by atomic mass is 9.95. The Morgan fingerprint density at radius 1 is 1.14 bits per heavy atom. The second-order valence-corrected chi connectivity index (χ2v) is 5.86. The highest BCUT2D eigenvalue weighted by Gasteiger charge is 2.16. The van der Waals surface area contributed by atoms with Crippen molar-refractivity contribution in [2.75, 3.05) is 0 Å². The molecule has 3 aromatic rings. The average Bonchev–Trinajstić information content (AvgIpc) is 2.92. The van der Waals surface area contributed by atoms with Gasteiger partial charge in [-0.3, -0.25) is 4.79 Å². The third-order valence-corrected chi connectivity index (χ3v) is 3.80. The van der Waals surface area contributed by atoms with Crippen molar-refractivity contribution in [1.82, 2.24) is 9.55 Å². The molecule has 0 fully saturated rings. The number of fused-ring (bicyclic) bond motifs is 1. The molecule has 2 N–H and O–H groups in total. The van der Waals surface area contributed by atoms with Gasteiger partial charge < -0.3 is 14.7 Å². The van der Waals surface area contributed by atoms with Crippen molar-refractivity contribution in [1.29, 1.82) is 0 Å². The molecule has 0 aliphatic carbocycles. The van der Waals surface area contributed by atoms with Gasteiger partial charge in [0, 0.05) is 30.4 Å². The summed E-state index contributed by atoms with van der Waals surface area (Å²) in [6, 6.07) is 9.69. The Hall–Kier alpha value is -2.33. The van der Waals surface area contributed by atoms with E-state index in [0.29, 0.717) is 5.52 Å². The molecule has 0 aliphatic rings. The van der Waals surface area contributed by atoms with Crippen LogP contribution in [0.15, 0.2) is 47.5 Å². The van der Waals surface area contributed by atoms with E-state index in [4.69, 9.17) is 0 Å². The molecule has 0 radical (unpaired) electrons.